The Balaban J connectivity index is 1.64. The average molecular weight is 975 g/mol. The Bertz CT molecular complexity index is 2510. The predicted molar refractivity (Wildman–Crippen MR) is 321 cm³/mol. The van der Waals surface area contributed by atoms with Gasteiger partial charge in [-0.25, -0.2) is 0 Å². The van der Waals surface area contributed by atoms with Gasteiger partial charge in [-0.3, -0.25) is 4.72 Å². The third-order valence-electron chi connectivity index (χ3n) is 15.0. The van der Waals surface area contributed by atoms with Crippen LogP contribution in [0.4, 0.5) is 0 Å². The van der Waals surface area contributed by atoms with E-state index in [0.29, 0.717) is 47.3 Å². The van der Waals surface area contributed by atoms with Crippen LogP contribution in [0, 0.1) is 0 Å². The fraction of sp³-hybridized carbons (Fsp3) is 0.400. The lowest BCUT2D eigenvalue weighted by Crippen LogP contribution is -2.06. The van der Waals surface area contributed by atoms with Gasteiger partial charge < -0.3 is 0 Å². The third kappa shape index (κ3) is 11.6. The number of benzene rings is 7. The van der Waals surface area contributed by atoms with E-state index in [1.165, 1.54) is 116 Å². The highest BCUT2D eigenvalue weighted by Gasteiger charge is 2.25. The van der Waals surface area contributed by atoms with E-state index < -0.39 is 0 Å². The van der Waals surface area contributed by atoms with Crippen LogP contribution in [0.15, 0.2) is 132 Å². The monoisotopic (exact) mass is 974 g/mol. The van der Waals surface area contributed by atoms with Crippen molar-refractivity contribution in [3.63, 3.8) is 0 Å². The molecule has 1 N–H and O–H groups in total. The Kier molecular flexibility index (Phi) is 18.1. The predicted octanol–water partition coefficient (Wildman–Crippen LogP) is 22.1. The van der Waals surface area contributed by atoms with E-state index in [9.17, 15) is 0 Å². The van der Waals surface area contributed by atoms with Gasteiger partial charge in [0.1, 0.15) is 0 Å². The molecule has 7 aromatic rings. The highest BCUT2D eigenvalue weighted by Crippen LogP contribution is 2.49. The van der Waals surface area contributed by atoms with E-state index in [-0.39, 0.29) is 0 Å². The van der Waals surface area contributed by atoms with Crippen LogP contribution in [0.3, 0.4) is 0 Å². The van der Waals surface area contributed by atoms with Crippen molar-refractivity contribution >= 4 is 11.9 Å². The van der Waals surface area contributed by atoms with Gasteiger partial charge in [-0.1, -0.05) is 215 Å². The molecule has 2 heteroatoms. The van der Waals surface area contributed by atoms with Crippen LogP contribution in [0.25, 0.3) is 66.8 Å². The van der Waals surface area contributed by atoms with Crippen molar-refractivity contribution < 1.29 is 0 Å². The second-order valence-corrected chi connectivity index (χ2v) is 24.0. The Morgan fingerprint density at radius 2 is 0.542 bits per heavy atom. The average Bonchev–Trinajstić information content (AvgIpc) is 3.36. The topological polar surface area (TPSA) is 12.0 Å². The normalized spacial score (nSPS) is 12.1. The molecule has 0 amide bonds. The minimum Gasteiger partial charge on any atom is -0.260 e. The maximum Gasteiger partial charge on any atom is 0.0384 e. The van der Waals surface area contributed by atoms with Crippen molar-refractivity contribution in [3.05, 3.63) is 172 Å². The fourth-order valence-corrected chi connectivity index (χ4v) is 12.1. The number of hydrogen-bond donors (Lipinski definition) is 1. The zero-order valence-corrected chi connectivity index (χ0v) is 48.1. The Labute approximate surface area is 442 Å². The Morgan fingerprint density at radius 1 is 0.319 bits per heavy atom. The highest BCUT2D eigenvalue weighted by molar-refractivity contribution is 7.97. The highest BCUT2D eigenvalue weighted by atomic mass is 32.2. The summed E-state index contributed by atoms with van der Waals surface area (Å²) >= 11 is 1.82. The van der Waals surface area contributed by atoms with Crippen LogP contribution in [0.2, 0.25) is 0 Å². The van der Waals surface area contributed by atoms with Crippen molar-refractivity contribution in [2.75, 3.05) is 6.54 Å². The molecule has 378 valence electrons. The van der Waals surface area contributed by atoms with Crippen LogP contribution >= 0.6 is 11.9 Å². The van der Waals surface area contributed by atoms with E-state index in [2.05, 4.69) is 250 Å². The molecule has 0 aliphatic rings. The summed E-state index contributed by atoms with van der Waals surface area (Å²) < 4.78 is 3.92. The molecule has 0 aliphatic heterocycles. The molecule has 1 nitrogen and oxygen atoms in total. The van der Waals surface area contributed by atoms with E-state index in [4.69, 9.17) is 0 Å². The summed E-state index contributed by atoms with van der Waals surface area (Å²) in [6.45, 7) is 40.9. The molecule has 0 atom stereocenters. The van der Waals surface area contributed by atoms with Crippen molar-refractivity contribution in [1.29, 1.82) is 0 Å². The Morgan fingerprint density at radius 3 is 0.764 bits per heavy atom. The van der Waals surface area contributed by atoms with E-state index >= 15 is 0 Å². The van der Waals surface area contributed by atoms with Crippen LogP contribution in [-0.2, 0) is 0 Å². The minimum absolute atomic E-state index is 0.368. The molecule has 0 bridgehead atoms. The zero-order valence-electron chi connectivity index (χ0n) is 47.3. The van der Waals surface area contributed by atoms with Gasteiger partial charge in [0.05, 0.1) is 0 Å². The molecular weight excluding hydrogens is 887 g/mol. The molecule has 7 rings (SSSR count). The van der Waals surface area contributed by atoms with Gasteiger partial charge in [-0.2, -0.15) is 0 Å². The van der Waals surface area contributed by atoms with Crippen LogP contribution in [0.1, 0.15) is 222 Å². The first kappa shape index (κ1) is 54.6. The summed E-state index contributed by atoms with van der Waals surface area (Å²) in [6.07, 6.45) is 2.26. The van der Waals surface area contributed by atoms with Gasteiger partial charge in [0, 0.05) is 11.4 Å². The third-order valence-corrected chi connectivity index (χ3v) is 15.9. The van der Waals surface area contributed by atoms with Gasteiger partial charge in [0.15, 0.2) is 0 Å². The lowest BCUT2D eigenvalue weighted by atomic mass is 9.80. The lowest BCUT2D eigenvalue weighted by Gasteiger charge is -2.25. The molecular formula is C70H87NS. The van der Waals surface area contributed by atoms with Crippen LogP contribution < -0.4 is 4.72 Å². The molecule has 0 aromatic heterocycles. The fourth-order valence-electron chi connectivity index (χ4n) is 11.2. The first-order valence-corrected chi connectivity index (χ1v) is 28.5. The maximum absolute atomic E-state index is 3.92. The summed E-state index contributed by atoms with van der Waals surface area (Å²) in [6, 6.07) is 50.4. The number of unbranched alkanes of at least 4 members (excludes halogenated alkanes) is 1. The standard InChI is InChI=1S/C70H87NS/c1-18-19-35-71-72-70-64(50-36-52(66-56(42(2)3)25-20-26-57(66)43(4)5)40-53(37-50)67-58(44(6)7)27-21-28-59(67)45(8)9)33-24-34-65(70)51-38-54(68-60(46(10)11)29-22-30-61(68)47(12)13)41-55(39-51)69-62(48(14)15)31-23-32-63(69)49(16)17/h20-34,36-49,71H,18-19,35H2,1-17H3. The van der Waals surface area contributed by atoms with E-state index in [0.717, 1.165) is 19.4 Å². The lowest BCUT2D eigenvalue weighted by molar-refractivity contribution is 0.776. The molecule has 0 saturated heterocycles. The molecule has 0 fully saturated rings. The summed E-state index contributed by atoms with van der Waals surface area (Å²) in [4.78, 5) is 1.27. The maximum atomic E-state index is 3.92. The summed E-state index contributed by atoms with van der Waals surface area (Å²) in [7, 11) is 0. The first-order valence-electron chi connectivity index (χ1n) is 27.7. The molecule has 72 heavy (non-hydrogen) atoms. The molecule has 0 heterocycles. The molecule has 0 spiro atoms. The molecule has 0 radical (unpaired) electrons. The molecule has 7 aromatic carbocycles. The SMILES string of the molecule is CCCCNSc1c(-c2cc(-c3c(C(C)C)cccc3C(C)C)cc(-c3c(C(C)C)cccc3C(C)C)c2)cccc1-c1cc(-c2c(C(C)C)cccc2C(C)C)cc(-c2c(C(C)C)cccc2C(C)C)c1. The second kappa shape index (κ2) is 23.8. The van der Waals surface area contributed by atoms with Gasteiger partial charge in [0.25, 0.3) is 0 Å². The summed E-state index contributed by atoms with van der Waals surface area (Å²) in [5.41, 5.74) is 27.0. The van der Waals surface area contributed by atoms with Gasteiger partial charge in [-0.05, 0) is 213 Å². The van der Waals surface area contributed by atoms with Gasteiger partial charge in [-0.15, -0.1) is 0 Å². The second-order valence-electron chi connectivity index (χ2n) is 23.1. The zero-order chi connectivity index (χ0) is 52.1. The van der Waals surface area contributed by atoms with Crippen molar-refractivity contribution in [1.82, 2.24) is 4.72 Å². The number of nitrogens with one attached hydrogen (secondary N) is 1. The molecule has 0 aliphatic carbocycles. The molecule has 0 saturated carbocycles. The van der Waals surface area contributed by atoms with Crippen molar-refractivity contribution in [2.45, 2.75) is 183 Å². The summed E-state index contributed by atoms with van der Waals surface area (Å²) in [5, 5.41) is 0. The minimum atomic E-state index is 0.368. The van der Waals surface area contributed by atoms with E-state index in [1.807, 2.05) is 11.9 Å². The Hall–Kier alpha value is -5.15. The van der Waals surface area contributed by atoms with Crippen molar-refractivity contribution in [2.24, 2.45) is 0 Å². The largest absolute Gasteiger partial charge is 0.260 e. The first-order chi connectivity index (χ1) is 34.3. The smallest absolute Gasteiger partial charge is 0.0384 e. The van der Waals surface area contributed by atoms with Crippen LogP contribution in [-0.4, -0.2) is 6.54 Å². The summed E-state index contributed by atoms with van der Waals surface area (Å²) in [5.74, 6) is 2.95. The van der Waals surface area contributed by atoms with Gasteiger partial charge in [0.2, 0.25) is 0 Å². The van der Waals surface area contributed by atoms with E-state index in [1.54, 1.807) is 0 Å². The van der Waals surface area contributed by atoms with Gasteiger partial charge >= 0.3 is 0 Å². The number of rotatable bonds is 19. The van der Waals surface area contributed by atoms with Crippen molar-refractivity contribution in [3.8, 4) is 66.8 Å². The number of hydrogen-bond acceptors (Lipinski definition) is 2. The quantitative estimate of drug-likeness (QED) is 0.0640. The van der Waals surface area contributed by atoms with Crippen LogP contribution in [0.5, 0.6) is 0 Å². The molecule has 0 unspecified atom stereocenters.